The molecule has 1 amide bonds. The molecule has 3 rings (SSSR count). The Bertz CT molecular complexity index is 860. The van der Waals surface area contributed by atoms with Crippen LogP contribution in [0.1, 0.15) is 23.5 Å². The van der Waals surface area contributed by atoms with E-state index in [4.69, 9.17) is 0 Å². The Hall–Kier alpha value is -2.64. The zero-order valence-electron chi connectivity index (χ0n) is 12.9. The molecule has 1 saturated carbocycles. The Morgan fingerprint density at radius 1 is 1.24 bits per heavy atom. The molecule has 2 aromatic rings. The van der Waals surface area contributed by atoms with Crippen molar-refractivity contribution < 1.29 is 22.4 Å². The van der Waals surface area contributed by atoms with Crippen LogP contribution in [0.15, 0.2) is 47.4 Å². The molecule has 0 spiro atoms. The third-order valence-corrected chi connectivity index (χ3v) is 4.04. The van der Waals surface area contributed by atoms with Crippen molar-refractivity contribution in [1.29, 1.82) is 0 Å². The number of halogens is 4. The maximum Gasteiger partial charge on any atom is 0.417 e. The van der Waals surface area contributed by atoms with Gasteiger partial charge in [0.15, 0.2) is 0 Å². The summed E-state index contributed by atoms with van der Waals surface area (Å²) in [5.74, 6) is -0.965. The summed E-state index contributed by atoms with van der Waals surface area (Å²) < 4.78 is 52.0. The van der Waals surface area contributed by atoms with Gasteiger partial charge in [0.25, 0.3) is 5.56 Å². The van der Waals surface area contributed by atoms with Crippen LogP contribution in [0.4, 0.5) is 17.6 Å². The van der Waals surface area contributed by atoms with E-state index in [1.165, 1.54) is 12.1 Å². The fraction of sp³-hybridized carbons (Fsp3) is 0.294. The molecule has 2 atom stereocenters. The van der Waals surface area contributed by atoms with Gasteiger partial charge in [0.1, 0.15) is 12.4 Å². The smallest absolute Gasteiger partial charge is 0.351 e. The van der Waals surface area contributed by atoms with Crippen LogP contribution in [0.25, 0.3) is 0 Å². The van der Waals surface area contributed by atoms with E-state index < -0.39 is 29.8 Å². The molecule has 25 heavy (non-hydrogen) atoms. The highest BCUT2D eigenvalue weighted by molar-refractivity contribution is 5.76. The Kier molecular flexibility index (Phi) is 4.36. The van der Waals surface area contributed by atoms with E-state index in [0.29, 0.717) is 18.7 Å². The number of carbonyl (C=O) groups excluding carboxylic acids is 1. The Labute approximate surface area is 140 Å². The molecule has 1 aliphatic carbocycles. The van der Waals surface area contributed by atoms with Crippen molar-refractivity contribution in [2.45, 2.75) is 31.1 Å². The lowest BCUT2D eigenvalue weighted by atomic mass is 10.1. The van der Waals surface area contributed by atoms with E-state index in [1.807, 2.05) is 0 Å². The Balaban J connectivity index is 1.63. The lowest BCUT2D eigenvalue weighted by Crippen LogP contribution is -2.34. The van der Waals surface area contributed by atoms with Gasteiger partial charge in [-0.2, -0.15) is 13.2 Å². The van der Waals surface area contributed by atoms with Gasteiger partial charge in [0.2, 0.25) is 5.91 Å². The van der Waals surface area contributed by atoms with E-state index >= 15 is 0 Å². The van der Waals surface area contributed by atoms with Crippen LogP contribution in [0.5, 0.6) is 0 Å². The highest BCUT2D eigenvalue weighted by atomic mass is 19.4. The lowest BCUT2D eigenvalue weighted by Gasteiger charge is -2.11. The average molecular weight is 354 g/mol. The van der Waals surface area contributed by atoms with Crippen LogP contribution in [-0.2, 0) is 17.5 Å². The number of hydrogen-bond donors (Lipinski definition) is 1. The standard InChI is InChI=1S/C17H14F4N2O2/c18-12-3-1-2-10(6-12)13-7-14(13)22-15(24)9-23-8-11(17(19,20)21)4-5-16(23)25/h1-6,8,13-14H,7,9H2,(H,22,24)/t13-,14-/m1/s1. The molecule has 1 aromatic carbocycles. The second kappa shape index (κ2) is 6.34. The molecule has 0 aliphatic heterocycles. The number of carbonyl (C=O) groups is 1. The third-order valence-electron chi connectivity index (χ3n) is 4.04. The van der Waals surface area contributed by atoms with Gasteiger partial charge in [-0.15, -0.1) is 0 Å². The van der Waals surface area contributed by atoms with E-state index in [0.717, 1.165) is 16.2 Å². The van der Waals surface area contributed by atoms with Gasteiger partial charge in [-0.1, -0.05) is 12.1 Å². The number of amides is 1. The minimum atomic E-state index is -4.59. The van der Waals surface area contributed by atoms with Gasteiger partial charge in [-0.3, -0.25) is 9.59 Å². The third kappa shape index (κ3) is 4.07. The molecule has 0 bridgehead atoms. The van der Waals surface area contributed by atoms with Gasteiger partial charge in [-0.05, 0) is 30.2 Å². The second-order valence-corrected chi connectivity index (χ2v) is 5.95. The lowest BCUT2D eigenvalue weighted by molar-refractivity contribution is -0.138. The van der Waals surface area contributed by atoms with Crippen molar-refractivity contribution in [3.05, 3.63) is 69.9 Å². The zero-order chi connectivity index (χ0) is 18.2. The number of rotatable bonds is 4. The summed E-state index contributed by atoms with van der Waals surface area (Å²) in [6, 6.07) is 7.27. The van der Waals surface area contributed by atoms with Crippen LogP contribution < -0.4 is 10.9 Å². The summed E-state index contributed by atoms with van der Waals surface area (Å²) in [7, 11) is 0. The number of pyridine rings is 1. The average Bonchev–Trinajstić information content (AvgIpc) is 3.27. The second-order valence-electron chi connectivity index (χ2n) is 5.95. The number of nitrogens with zero attached hydrogens (tertiary/aromatic N) is 1. The van der Waals surface area contributed by atoms with Crippen molar-refractivity contribution in [1.82, 2.24) is 9.88 Å². The summed E-state index contributed by atoms with van der Waals surface area (Å²) in [6.07, 6.45) is -3.35. The SMILES string of the molecule is O=C(Cn1cc(C(F)(F)F)ccc1=O)N[C@@H]1C[C@@H]1c1cccc(F)c1. The summed E-state index contributed by atoms with van der Waals surface area (Å²) in [4.78, 5) is 23.6. The number of benzene rings is 1. The molecule has 132 valence electrons. The number of hydrogen-bond acceptors (Lipinski definition) is 2. The van der Waals surface area contributed by atoms with Gasteiger partial charge >= 0.3 is 6.18 Å². The van der Waals surface area contributed by atoms with Crippen molar-refractivity contribution in [3.8, 4) is 0 Å². The fourth-order valence-corrected chi connectivity index (χ4v) is 2.69. The largest absolute Gasteiger partial charge is 0.417 e. The predicted octanol–water partition coefficient (Wildman–Crippen LogP) is 2.68. The molecule has 1 N–H and O–H groups in total. The number of alkyl halides is 3. The Morgan fingerprint density at radius 3 is 2.68 bits per heavy atom. The molecule has 1 aliphatic rings. The zero-order valence-corrected chi connectivity index (χ0v) is 12.9. The summed E-state index contributed by atoms with van der Waals surface area (Å²) in [5, 5.41) is 2.65. The normalized spacial score (nSPS) is 19.5. The molecule has 4 nitrogen and oxygen atoms in total. The fourth-order valence-electron chi connectivity index (χ4n) is 2.69. The van der Waals surface area contributed by atoms with Crippen LogP contribution in [0.2, 0.25) is 0 Å². The monoisotopic (exact) mass is 354 g/mol. The van der Waals surface area contributed by atoms with E-state index in [9.17, 15) is 27.2 Å². The first-order valence-corrected chi connectivity index (χ1v) is 7.56. The molecule has 1 fully saturated rings. The first-order valence-electron chi connectivity index (χ1n) is 7.56. The number of aromatic nitrogens is 1. The van der Waals surface area contributed by atoms with Crippen molar-refractivity contribution >= 4 is 5.91 Å². The highest BCUT2D eigenvalue weighted by Gasteiger charge is 2.39. The first-order chi connectivity index (χ1) is 11.7. The van der Waals surface area contributed by atoms with Crippen LogP contribution in [-0.4, -0.2) is 16.5 Å². The molecule has 0 saturated heterocycles. The molecule has 8 heteroatoms. The minimum absolute atomic E-state index is 0.0297. The van der Waals surface area contributed by atoms with Crippen molar-refractivity contribution in [2.75, 3.05) is 0 Å². The number of nitrogens with one attached hydrogen (secondary N) is 1. The molecule has 1 heterocycles. The molecule has 0 unspecified atom stereocenters. The molecular weight excluding hydrogens is 340 g/mol. The maximum absolute atomic E-state index is 13.2. The molecule has 1 aromatic heterocycles. The molecule has 0 radical (unpaired) electrons. The molecular formula is C17H14F4N2O2. The first kappa shape index (κ1) is 17.2. The predicted molar refractivity (Wildman–Crippen MR) is 81.4 cm³/mol. The van der Waals surface area contributed by atoms with Crippen molar-refractivity contribution in [2.24, 2.45) is 0 Å². The van der Waals surface area contributed by atoms with Crippen LogP contribution in [0, 0.1) is 5.82 Å². The van der Waals surface area contributed by atoms with Crippen LogP contribution >= 0.6 is 0 Å². The minimum Gasteiger partial charge on any atom is -0.351 e. The van der Waals surface area contributed by atoms with Gasteiger partial charge in [0.05, 0.1) is 5.56 Å². The summed E-state index contributed by atoms with van der Waals surface area (Å²) >= 11 is 0. The summed E-state index contributed by atoms with van der Waals surface area (Å²) in [6.45, 7) is -0.505. The van der Waals surface area contributed by atoms with Crippen LogP contribution in [0.3, 0.4) is 0 Å². The van der Waals surface area contributed by atoms with Gasteiger partial charge < -0.3 is 9.88 Å². The van der Waals surface area contributed by atoms with Gasteiger partial charge in [0, 0.05) is 24.2 Å². The van der Waals surface area contributed by atoms with Crippen molar-refractivity contribution in [3.63, 3.8) is 0 Å². The highest BCUT2D eigenvalue weighted by Crippen LogP contribution is 2.40. The quantitative estimate of drug-likeness (QED) is 0.859. The summed E-state index contributed by atoms with van der Waals surface area (Å²) in [5.41, 5.74) is -0.939. The van der Waals surface area contributed by atoms with Gasteiger partial charge in [-0.25, -0.2) is 4.39 Å². The van der Waals surface area contributed by atoms with E-state index in [1.54, 1.807) is 12.1 Å². The maximum atomic E-state index is 13.2. The van der Waals surface area contributed by atoms with E-state index in [2.05, 4.69) is 5.32 Å². The topological polar surface area (TPSA) is 51.1 Å². The van der Waals surface area contributed by atoms with E-state index in [-0.39, 0.29) is 17.8 Å². The Morgan fingerprint density at radius 2 is 2.00 bits per heavy atom.